The molecule has 1 saturated heterocycles. The summed E-state index contributed by atoms with van der Waals surface area (Å²) in [6.07, 6.45) is -7.49. The normalized spacial score (nSPS) is 17.0. The summed E-state index contributed by atoms with van der Waals surface area (Å²) in [4.78, 5) is 16.6. The van der Waals surface area contributed by atoms with Crippen LogP contribution in [0.1, 0.15) is 29.5 Å². The Morgan fingerprint density at radius 2 is 1.80 bits per heavy atom. The zero-order valence-electron chi connectivity index (χ0n) is 24.3. The van der Waals surface area contributed by atoms with Gasteiger partial charge in [0.1, 0.15) is 12.1 Å². The Kier molecular flexibility index (Phi) is 8.56. The Bertz CT molecular complexity index is 1820. The monoisotopic (exact) mass is 672 g/mol. The minimum absolute atomic E-state index is 0.205. The van der Waals surface area contributed by atoms with Gasteiger partial charge in [-0.25, -0.2) is 15.1 Å². The van der Waals surface area contributed by atoms with Gasteiger partial charge < -0.3 is 4.74 Å². The van der Waals surface area contributed by atoms with E-state index in [-0.39, 0.29) is 11.7 Å². The topological polar surface area (TPSA) is 76.8 Å². The molecule has 0 saturated carbocycles. The number of rotatable bonds is 7. The highest BCUT2D eigenvalue weighted by Crippen LogP contribution is 2.43. The van der Waals surface area contributed by atoms with Gasteiger partial charge >= 0.3 is 12.3 Å². The van der Waals surface area contributed by atoms with Crippen molar-refractivity contribution in [2.24, 2.45) is 4.99 Å². The second-order valence-corrected chi connectivity index (χ2v) is 11.9. The molecule has 8 nitrogen and oxygen atoms in total. The maximum atomic E-state index is 13.1. The number of halogens is 5. The zero-order chi connectivity index (χ0) is 32.6. The van der Waals surface area contributed by atoms with Crippen molar-refractivity contribution in [1.29, 1.82) is 0 Å². The molecule has 4 aromatic rings. The first kappa shape index (κ1) is 31.6. The molecule has 3 aromatic carbocycles. The van der Waals surface area contributed by atoms with Crippen molar-refractivity contribution in [2.75, 3.05) is 10.7 Å². The minimum atomic E-state index is -5.83. The van der Waals surface area contributed by atoms with Crippen molar-refractivity contribution < 1.29 is 31.5 Å². The molecule has 1 fully saturated rings. The van der Waals surface area contributed by atoms with Gasteiger partial charge in [0.25, 0.3) is 0 Å². The molecule has 1 unspecified atom stereocenters. The van der Waals surface area contributed by atoms with Crippen molar-refractivity contribution in [3.05, 3.63) is 102 Å². The summed E-state index contributed by atoms with van der Waals surface area (Å²) in [5, 5.41) is 5.35. The van der Waals surface area contributed by atoms with E-state index in [1.54, 1.807) is 23.9 Å². The van der Waals surface area contributed by atoms with E-state index >= 15 is 0 Å². The molecule has 6 rings (SSSR count). The van der Waals surface area contributed by atoms with Crippen LogP contribution in [0.15, 0.2) is 89.8 Å². The van der Waals surface area contributed by atoms with Crippen LogP contribution in [0, 0.1) is 6.92 Å². The first-order chi connectivity index (χ1) is 21.9. The van der Waals surface area contributed by atoms with Crippen LogP contribution in [0.25, 0.3) is 17.1 Å². The minimum Gasteiger partial charge on any atom is -0.426 e. The molecule has 0 bridgehead atoms. The largest absolute Gasteiger partial charge is 0.499 e. The number of ether oxygens (including phenoxy) is 1. The average Bonchev–Trinajstić information content (AvgIpc) is 3.65. The van der Waals surface area contributed by atoms with Gasteiger partial charge in [0.05, 0.1) is 18.0 Å². The second-order valence-electron chi connectivity index (χ2n) is 10.5. The van der Waals surface area contributed by atoms with Crippen molar-refractivity contribution in [3.63, 3.8) is 0 Å². The number of thioether (sulfide) groups is 1. The molecule has 1 N–H and O–H groups in total. The summed E-state index contributed by atoms with van der Waals surface area (Å²) >= 11 is 7.05. The number of amidine groups is 1. The molecule has 1 atom stereocenters. The molecule has 0 spiro atoms. The Morgan fingerprint density at radius 3 is 2.52 bits per heavy atom. The number of alkyl halides is 5. The van der Waals surface area contributed by atoms with Gasteiger partial charge in [-0.05, 0) is 66.2 Å². The highest BCUT2D eigenvalue weighted by molar-refractivity contribution is 8.14. The van der Waals surface area contributed by atoms with Crippen molar-refractivity contribution in [3.8, 4) is 22.8 Å². The number of fused-ring (bicyclic) bond motifs is 3. The van der Waals surface area contributed by atoms with Gasteiger partial charge in [-0.2, -0.15) is 26.9 Å². The number of thiocarbonyl (C=S) groups is 1. The van der Waals surface area contributed by atoms with Crippen LogP contribution < -0.4 is 15.1 Å². The number of anilines is 1. The van der Waals surface area contributed by atoms with Gasteiger partial charge in [-0.15, -0.1) is 5.10 Å². The molecule has 0 radical (unpaired) electrons. The summed E-state index contributed by atoms with van der Waals surface area (Å²) in [5.74, 6) is 0.864. The lowest BCUT2D eigenvalue weighted by molar-refractivity contribution is -0.360. The number of allylic oxidation sites excluding steroid dienone is 1. The van der Waals surface area contributed by atoms with Crippen molar-refractivity contribution >= 4 is 39.9 Å². The average molecular weight is 673 g/mol. The van der Waals surface area contributed by atoms with E-state index < -0.39 is 18.0 Å². The molecule has 15 heteroatoms. The van der Waals surface area contributed by atoms with Crippen LogP contribution in [-0.2, 0) is 11.4 Å². The van der Waals surface area contributed by atoms with E-state index in [0.717, 1.165) is 34.3 Å². The highest BCUT2D eigenvalue weighted by atomic mass is 32.2. The fraction of sp³-hybridized carbons (Fsp3) is 0.226. The van der Waals surface area contributed by atoms with Crippen LogP contribution in [0.4, 0.5) is 27.6 Å². The number of hydroxylamine groups is 1. The van der Waals surface area contributed by atoms with E-state index in [1.807, 2.05) is 12.1 Å². The van der Waals surface area contributed by atoms with Gasteiger partial charge in [0, 0.05) is 22.9 Å². The summed E-state index contributed by atoms with van der Waals surface area (Å²) in [7, 11) is 0. The van der Waals surface area contributed by atoms with E-state index in [0.29, 0.717) is 23.0 Å². The van der Waals surface area contributed by atoms with Crippen LogP contribution in [0.2, 0.25) is 0 Å². The van der Waals surface area contributed by atoms with Crippen LogP contribution in [0.3, 0.4) is 0 Å². The number of benzene rings is 3. The number of nitrogens with one attached hydrogen (secondary N) is 1. The van der Waals surface area contributed by atoms with Crippen LogP contribution in [0.5, 0.6) is 5.75 Å². The Balaban J connectivity index is 1.03. The number of hydrogen-bond acceptors (Lipinski definition) is 6. The maximum Gasteiger partial charge on any atom is 0.499 e. The van der Waals surface area contributed by atoms with E-state index in [2.05, 4.69) is 68.3 Å². The SMILES string of the molecule is Cc1ccc2c(c1)N1C(=CC2C)CSC1=NC(=S)NOCc1ccc(-c2ncn(-c3ccc(OC(F)(F)C(F)(F)F)cc3)n2)cc1. The summed E-state index contributed by atoms with van der Waals surface area (Å²) < 4.78 is 68.7. The number of aromatic nitrogens is 3. The van der Waals surface area contributed by atoms with Crippen molar-refractivity contribution in [2.45, 2.75) is 38.7 Å². The highest BCUT2D eigenvalue weighted by Gasteiger charge is 2.61. The molecule has 2 aliphatic rings. The number of aryl methyl sites for hydroxylation is 1. The smallest absolute Gasteiger partial charge is 0.426 e. The van der Waals surface area contributed by atoms with Gasteiger partial charge in [-0.1, -0.05) is 61.2 Å². The molecule has 1 aromatic heterocycles. The first-order valence-electron chi connectivity index (χ1n) is 13.9. The standard InChI is InChI=1S/C31H25F5N6O2S2/c1-18-3-12-25-19(2)14-23-16-46-29(42(23)26(25)13-18)38-28(45)40-43-15-20-4-6-21(7-5-20)27-37-17-41(39-27)22-8-10-24(11-9-22)44-31(35,36)30(32,33)34/h3-14,17,19H,15-16H2,1-2H3,(H,40,45). The lowest BCUT2D eigenvalue weighted by atomic mass is 9.93. The Morgan fingerprint density at radius 1 is 1.07 bits per heavy atom. The molecule has 2 aliphatic heterocycles. The lowest BCUT2D eigenvalue weighted by Gasteiger charge is -2.30. The zero-order valence-corrected chi connectivity index (χ0v) is 25.9. The summed E-state index contributed by atoms with van der Waals surface area (Å²) in [5.41, 5.74) is 9.38. The molecule has 238 valence electrons. The fourth-order valence-corrected chi connectivity index (χ4v) is 6.10. The quantitative estimate of drug-likeness (QED) is 0.122. The van der Waals surface area contributed by atoms with E-state index in [1.165, 1.54) is 40.0 Å². The lowest BCUT2D eigenvalue weighted by Crippen LogP contribution is -2.41. The van der Waals surface area contributed by atoms with Crippen LogP contribution >= 0.6 is 24.0 Å². The molecule has 0 aliphatic carbocycles. The van der Waals surface area contributed by atoms with Gasteiger partial charge in [0.15, 0.2) is 11.0 Å². The van der Waals surface area contributed by atoms with Gasteiger partial charge in [0.2, 0.25) is 5.11 Å². The fourth-order valence-electron chi connectivity index (χ4n) is 4.90. The maximum absolute atomic E-state index is 13.1. The predicted molar refractivity (Wildman–Crippen MR) is 169 cm³/mol. The third-order valence-corrected chi connectivity index (χ3v) is 8.31. The van der Waals surface area contributed by atoms with E-state index in [9.17, 15) is 22.0 Å². The van der Waals surface area contributed by atoms with Gasteiger partial charge in [-0.3, -0.25) is 9.74 Å². The predicted octanol–water partition coefficient (Wildman–Crippen LogP) is 7.69. The summed E-state index contributed by atoms with van der Waals surface area (Å²) in [6, 6.07) is 18.3. The molecular formula is C31H25F5N6O2S2. The molecule has 46 heavy (non-hydrogen) atoms. The molecule has 3 heterocycles. The van der Waals surface area contributed by atoms with E-state index in [4.69, 9.17) is 17.1 Å². The van der Waals surface area contributed by atoms with Crippen LogP contribution in [-0.4, -0.2) is 43.1 Å². The summed E-state index contributed by atoms with van der Waals surface area (Å²) in [6.45, 7) is 4.46. The Labute approximate surface area is 269 Å². The number of aliphatic imine (C=N–C) groups is 1. The van der Waals surface area contributed by atoms with Crippen molar-refractivity contribution in [1.82, 2.24) is 20.2 Å². The Hall–Kier alpha value is -4.34. The second kappa shape index (κ2) is 12.5. The molecule has 0 amide bonds. The first-order valence-corrected chi connectivity index (χ1v) is 15.3. The molecular weight excluding hydrogens is 648 g/mol. The number of hydrogen-bond donors (Lipinski definition) is 1. The third-order valence-electron chi connectivity index (χ3n) is 7.16. The third kappa shape index (κ3) is 6.62. The number of nitrogens with zero attached hydrogens (tertiary/aromatic N) is 5.